The summed E-state index contributed by atoms with van der Waals surface area (Å²) in [7, 11) is 0. The standard InChI is InChI=1S/C20H22N2O2S/c23-20(24)21-10-6-16(7-11-21)18-13-22(9-5-15-8-12-25-14-15)19-4-2-1-3-17(18)19/h1-4,8,12-14,16H,5-7,9-11H2,(H,23,24). The Morgan fingerprint density at radius 1 is 1.20 bits per heavy atom. The van der Waals surface area contributed by atoms with Crippen molar-refractivity contribution in [2.24, 2.45) is 0 Å². The van der Waals surface area contributed by atoms with Crippen molar-refractivity contribution >= 4 is 28.3 Å². The summed E-state index contributed by atoms with van der Waals surface area (Å²) < 4.78 is 2.37. The second-order valence-electron chi connectivity index (χ2n) is 6.72. The van der Waals surface area contributed by atoms with Crippen molar-refractivity contribution in [1.29, 1.82) is 0 Å². The van der Waals surface area contributed by atoms with Gasteiger partial charge in [0.2, 0.25) is 0 Å². The molecule has 130 valence electrons. The van der Waals surface area contributed by atoms with E-state index >= 15 is 0 Å². The first-order chi connectivity index (χ1) is 12.2. The molecule has 0 unspecified atom stereocenters. The van der Waals surface area contributed by atoms with Gasteiger partial charge < -0.3 is 14.6 Å². The minimum absolute atomic E-state index is 0.447. The molecule has 5 heteroatoms. The molecule has 2 aromatic heterocycles. The Balaban J connectivity index is 1.58. The fraction of sp³-hybridized carbons (Fsp3) is 0.350. The van der Waals surface area contributed by atoms with Gasteiger partial charge in [0, 0.05) is 36.7 Å². The Hall–Kier alpha value is -2.27. The molecule has 25 heavy (non-hydrogen) atoms. The molecular weight excluding hydrogens is 332 g/mol. The van der Waals surface area contributed by atoms with Gasteiger partial charge in [0.25, 0.3) is 0 Å². The summed E-state index contributed by atoms with van der Waals surface area (Å²) in [6.07, 6.45) is 4.36. The van der Waals surface area contributed by atoms with Crippen LogP contribution in [0, 0.1) is 0 Å². The van der Waals surface area contributed by atoms with Crippen molar-refractivity contribution in [3.63, 3.8) is 0 Å². The number of aromatic nitrogens is 1. The van der Waals surface area contributed by atoms with Crippen LogP contribution in [0.5, 0.6) is 0 Å². The highest BCUT2D eigenvalue weighted by Crippen LogP contribution is 2.34. The van der Waals surface area contributed by atoms with E-state index in [0.29, 0.717) is 19.0 Å². The summed E-state index contributed by atoms with van der Waals surface area (Å²) in [6, 6.07) is 10.8. The van der Waals surface area contributed by atoms with E-state index in [1.54, 1.807) is 11.3 Å². The van der Waals surface area contributed by atoms with Gasteiger partial charge in [-0.3, -0.25) is 0 Å². The van der Waals surface area contributed by atoms with E-state index in [0.717, 1.165) is 25.8 Å². The number of fused-ring (bicyclic) bond motifs is 1. The second kappa shape index (κ2) is 6.92. The van der Waals surface area contributed by atoms with E-state index in [4.69, 9.17) is 5.11 Å². The van der Waals surface area contributed by atoms with Crippen LogP contribution in [0.15, 0.2) is 47.3 Å². The molecule has 1 aliphatic heterocycles. The number of rotatable bonds is 4. The number of para-hydroxylation sites is 1. The van der Waals surface area contributed by atoms with E-state index in [2.05, 4.69) is 51.9 Å². The molecule has 1 fully saturated rings. The zero-order valence-electron chi connectivity index (χ0n) is 14.1. The Kier molecular flexibility index (Phi) is 4.49. The predicted molar refractivity (Wildman–Crippen MR) is 102 cm³/mol. The van der Waals surface area contributed by atoms with Crippen LogP contribution in [0.1, 0.15) is 29.9 Å². The molecule has 0 bridgehead atoms. The zero-order valence-corrected chi connectivity index (χ0v) is 14.9. The van der Waals surface area contributed by atoms with E-state index in [1.807, 2.05) is 0 Å². The van der Waals surface area contributed by atoms with Crippen LogP contribution in [0.2, 0.25) is 0 Å². The van der Waals surface area contributed by atoms with Crippen LogP contribution < -0.4 is 0 Å². The summed E-state index contributed by atoms with van der Waals surface area (Å²) >= 11 is 1.75. The van der Waals surface area contributed by atoms with Gasteiger partial charge in [-0.2, -0.15) is 11.3 Å². The molecule has 0 radical (unpaired) electrons. The first kappa shape index (κ1) is 16.2. The quantitative estimate of drug-likeness (QED) is 0.731. The molecule has 0 atom stereocenters. The lowest BCUT2D eigenvalue weighted by Gasteiger charge is -2.29. The number of aryl methyl sites for hydroxylation is 2. The number of hydrogen-bond donors (Lipinski definition) is 1. The van der Waals surface area contributed by atoms with Crippen LogP contribution in [0.3, 0.4) is 0 Å². The summed E-state index contributed by atoms with van der Waals surface area (Å²) in [6.45, 7) is 2.24. The number of carbonyl (C=O) groups is 1. The topological polar surface area (TPSA) is 45.5 Å². The van der Waals surface area contributed by atoms with Crippen molar-refractivity contribution < 1.29 is 9.90 Å². The lowest BCUT2D eigenvalue weighted by Crippen LogP contribution is -2.36. The van der Waals surface area contributed by atoms with Gasteiger partial charge in [0.05, 0.1) is 0 Å². The van der Waals surface area contributed by atoms with Gasteiger partial charge >= 0.3 is 6.09 Å². The zero-order chi connectivity index (χ0) is 17.2. The normalized spacial score (nSPS) is 15.8. The first-order valence-electron chi connectivity index (χ1n) is 8.79. The van der Waals surface area contributed by atoms with Crippen LogP contribution in [0.25, 0.3) is 10.9 Å². The van der Waals surface area contributed by atoms with Gasteiger partial charge in [-0.05, 0) is 59.2 Å². The monoisotopic (exact) mass is 354 g/mol. The minimum atomic E-state index is -0.795. The average molecular weight is 354 g/mol. The van der Waals surface area contributed by atoms with E-state index in [9.17, 15) is 4.79 Å². The van der Waals surface area contributed by atoms with Gasteiger partial charge in [-0.15, -0.1) is 0 Å². The summed E-state index contributed by atoms with van der Waals surface area (Å²) in [5.41, 5.74) is 4.05. The van der Waals surface area contributed by atoms with Gasteiger partial charge in [0.1, 0.15) is 0 Å². The highest BCUT2D eigenvalue weighted by molar-refractivity contribution is 7.07. The molecule has 0 aliphatic carbocycles. The van der Waals surface area contributed by atoms with Crippen LogP contribution in [-0.2, 0) is 13.0 Å². The van der Waals surface area contributed by atoms with E-state index < -0.39 is 6.09 Å². The van der Waals surface area contributed by atoms with Crippen molar-refractivity contribution in [3.05, 3.63) is 58.4 Å². The molecule has 1 N–H and O–H groups in total. The van der Waals surface area contributed by atoms with Gasteiger partial charge in [0.15, 0.2) is 0 Å². The Morgan fingerprint density at radius 2 is 2.00 bits per heavy atom. The van der Waals surface area contributed by atoms with Crippen LogP contribution in [-0.4, -0.2) is 33.8 Å². The third-order valence-corrected chi connectivity index (χ3v) is 5.98. The number of hydrogen-bond acceptors (Lipinski definition) is 2. The third kappa shape index (κ3) is 3.29. The van der Waals surface area contributed by atoms with Crippen LogP contribution >= 0.6 is 11.3 Å². The van der Waals surface area contributed by atoms with Crippen molar-refractivity contribution in [3.8, 4) is 0 Å². The number of amides is 1. The van der Waals surface area contributed by atoms with Gasteiger partial charge in [-0.1, -0.05) is 18.2 Å². The second-order valence-corrected chi connectivity index (χ2v) is 7.50. The molecule has 4 nitrogen and oxygen atoms in total. The smallest absolute Gasteiger partial charge is 0.407 e. The maximum atomic E-state index is 11.1. The summed E-state index contributed by atoms with van der Waals surface area (Å²) in [5, 5.41) is 14.8. The molecule has 3 heterocycles. The third-order valence-electron chi connectivity index (χ3n) is 5.25. The molecule has 4 rings (SSSR count). The van der Waals surface area contributed by atoms with E-state index in [1.165, 1.54) is 26.9 Å². The van der Waals surface area contributed by atoms with Crippen molar-refractivity contribution in [1.82, 2.24) is 9.47 Å². The molecule has 3 aromatic rings. The first-order valence-corrected chi connectivity index (χ1v) is 9.73. The SMILES string of the molecule is O=C(O)N1CCC(c2cn(CCc3ccsc3)c3ccccc23)CC1. The highest BCUT2D eigenvalue weighted by atomic mass is 32.1. The largest absolute Gasteiger partial charge is 0.465 e. The fourth-order valence-electron chi connectivity index (χ4n) is 3.85. The molecule has 1 amide bonds. The lowest BCUT2D eigenvalue weighted by molar-refractivity contribution is 0.132. The average Bonchev–Trinajstić information content (AvgIpc) is 3.28. The van der Waals surface area contributed by atoms with Crippen LogP contribution in [0.4, 0.5) is 4.79 Å². The lowest BCUT2D eigenvalue weighted by atomic mass is 9.89. The number of likely N-dealkylation sites (tertiary alicyclic amines) is 1. The van der Waals surface area contributed by atoms with E-state index in [-0.39, 0.29) is 0 Å². The number of benzene rings is 1. The summed E-state index contributed by atoms with van der Waals surface area (Å²) in [4.78, 5) is 12.7. The number of piperidine rings is 1. The van der Waals surface area contributed by atoms with Crippen molar-refractivity contribution in [2.75, 3.05) is 13.1 Å². The van der Waals surface area contributed by atoms with Gasteiger partial charge in [-0.25, -0.2) is 4.79 Å². The molecule has 0 spiro atoms. The predicted octanol–water partition coefficient (Wildman–Crippen LogP) is 4.80. The number of nitrogens with zero attached hydrogens (tertiary/aromatic N) is 2. The fourth-order valence-corrected chi connectivity index (χ4v) is 4.55. The Morgan fingerprint density at radius 3 is 2.72 bits per heavy atom. The Bertz CT molecular complexity index is 861. The minimum Gasteiger partial charge on any atom is -0.465 e. The molecule has 1 aromatic carbocycles. The maximum Gasteiger partial charge on any atom is 0.407 e. The molecule has 1 aliphatic rings. The summed E-state index contributed by atoms with van der Waals surface area (Å²) in [5.74, 6) is 0.447. The maximum absolute atomic E-state index is 11.1. The van der Waals surface area contributed by atoms with Crippen molar-refractivity contribution in [2.45, 2.75) is 31.7 Å². The molecular formula is C20H22N2O2S. The highest BCUT2D eigenvalue weighted by Gasteiger charge is 2.25. The Labute approximate surface area is 151 Å². The number of carboxylic acid groups (broad SMARTS) is 1. The number of thiophene rings is 1. The molecule has 1 saturated heterocycles. The molecule has 0 saturated carbocycles.